The summed E-state index contributed by atoms with van der Waals surface area (Å²) in [6, 6.07) is 4.33. The van der Waals surface area contributed by atoms with Gasteiger partial charge in [0, 0.05) is 6.04 Å². The second kappa shape index (κ2) is 4.05. The van der Waals surface area contributed by atoms with Crippen LogP contribution in [-0.4, -0.2) is 6.54 Å². The van der Waals surface area contributed by atoms with Crippen LogP contribution in [0.1, 0.15) is 30.9 Å². The standard InChI is InChI=1S/C11H13F2N/c12-9-5-4-8(7-10(9)13)11-3-1-2-6-14-11/h4-5,7,11,14H,1-3,6H2. The minimum absolute atomic E-state index is 0.193. The quantitative estimate of drug-likeness (QED) is 0.730. The van der Waals surface area contributed by atoms with Gasteiger partial charge in [0.05, 0.1) is 0 Å². The summed E-state index contributed by atoms with van der Waals surface area (Å²) in [6.07, 6.45) is 3.32. The Kier molecular flexibility index (Phi) is 2.77. The summed E-state index contributed by atoms with van der Waals surface area (Å²) < 4.78 is 25.6. The normalized spacial score (nSPS) is 22.3. The van der Waals surface area contributed by atoms with Gasteiger partial charge < -0.3 is 5.32 Å². The Hall–Kier alpha value is -0.960. The molecule has 1 nitrogen and oxygen atoms in total. The van der Waals surface area contributed by atoms with Crippen molar-refractivity contribution < 1.29 is 8.78 Å². The second-order valence-corrected chi connectivity index (χ2v) is 3.68. The third kappa shape index (κ3) is 1.93. The molecule has 0 aliphatic carbocycles. The van der Waals surface area contributed by atoms with Crippen LogP contribution < -0.4 is 5.32 Å². The van der Waals surface area contributed by atoms with E-state index in [1.54, 1.807) is 6.07 Å². The molecule has 1 N–H and O–H groups in total. The summed E-state index contributed by atoms with van der Waals surface area (Å²) >= 11 is 0. The number of halogens is 2. The highest BCUT2D eigenvalue weighted by molar-refractivity contribution is 5.21. The number of hydrogen-bond donors (Lipinski definition) is 1. The van der Waals surface area contributed by atoms with Gasteiger partial charge in [0.2, 0.25) is 0 Å². The van der Waals surface area contributed by atoms with Gasteiger partial charge in [-0.3, -0.25) is 0 Å². The zero-order valence-electron chi connectivity index (χ0n) is 7.89. The van der Waals surface area contributed by atoms with Gasteiger partial charge in [-0.1, -0.05) is 12.5 Å². The van der Waals surface area contributed by atoms with Gasteiger partial charge in [0.1, 0.15) is 0 Å². The van der Waals surface area contributed by atoms with Gasteiger partial charge in [-0.05, 0) is 37.1 Å². The van der Waals surface area contributed by atoms with Crippen molar-refractivity contribution in [3.8, 4) is 0 Å². The lowest BCUT2D eigenvalue weighted by molar-refractivity contribution is 0.409. The highest BCUT2D eigenvalue weighted by Gasteiger charge is 2.15. The van der Waals surface area contributed by atoms with E-state index < -0.39 is 11.6 Å². The van der Waals surface area contributed by atoms with Crippen molar-refractivity contribution in [2.24, 2.45) is 0 Å². The molecular weight excluding hydrogens is 184 g/mol. The number of benzene rings is 1. The topological polar surface area (TPSA) is 12.0 Å². The molecular formula is C11H13F2N. The SMILES string of the molecule is Fc1ccc(C2CCCCN2)cc1F. The van der Waals surface area contributed by atoms with Crippen LogP contribution >= 0.6 is 0 Å². The van der Waals surface area contributed by atoms with E-state index in [0.717, 1.165) is 24.9 Å². The summed E-state index contributed by atoms with van der Waals surface area (Å²) in [4.78, 5) is 0. The second-order valence-electron chi connectivity index (χ2n) is 3.68. The molecule has 1 saturated heterocycles. The fourth-order valence-corrected chi connectivity index (χ4v) is 1.87. The number of piperidine rings is 1. The Morgan fingerprint density at radius 1 is 1.14 bits per heavy atom. The smallest absolute Gasteiger partial charge is 0.159 e. The molecule has 1 unspecified atom stereocenters. The monoisotopic (exact) mass is 197 g/mol. The van der Waals surface area contributed by atoms with Crippen molar-refractivity contribution >= 4 is 0 Å². The van der Waals surface area contributed by atoms with Gasteiger partial charge in [-0.25, -0.2) is 8.78 Å². The van der Waals surface area contributed by atoms with Crippen molar-refractivity contribution in [3.05, 3.63) is 35.4 Å². The molecule has 1 heterocycles. The zero-order valence-corrected chi connectivity index (χ0v) is 7.89. The first-order chi connectivity index (χ1) is 6.77. The van der Waals surface area contributed by atoms with E-state index in [-0.39, 0.29) is 6.04 Å². The van der Waals surface area contributed by atoms with Crippen LogP contribution in [-0.2, 0) is 0 Å². The Balaban J connectivity index is 2.18. The zero-order chi connectivity index (χ0) is 9.97. The first kappa shape index (κ1) is 9.59. The van der Waals surface area contributed by atoms with Crippen LogP contribution in [0.15, 0.2) is 18.2 Å². The maximum Gasteiger partial charge on any atom is 0.159 e. The van der Waals surface area contributed by atoms with Crippen molar-refractivity contribution in [2.45, 2.75) is 25.3 Å². The Morgan fingerprint density at radius 3 is 2.64 bits per heavy atom. The maximum atomic E-state index is 12.9. The Bertz CT molecular complexity index is 319. The largest absolute Gasteiger partial charge is 0.310 e. The molecule has 1 fully saturated rings. The molecule has 0 amide bonds. The highest BCUT2D eigenvalue weighted by atomic mass is 19.2. The molecule has 0 bridgehead atoms. The maximum absolute atomic E-state index is 12.9. The predicted octanol–water partition coefficient (Wildman–Crippen LogP) is 2.78. The van der Waals surface area contributed by atoms with Crippen LogP contribution in [0, 0.1) is 11.6 Å². The molecule has 1 aliphatic rings. The van der Waals surface area contributed by atoms with Crippen LogP contribution in [0.4, 0.5) is 8.78 Å². The van der Waals surface area contributed by atoms with Crippen molar-refractivity contribution in [1.82, 2.24) is 5.32 Å². The minimum atomic E-state index is -0.774. The molecule has 3 heteroatoms. The average Bonchev–Trinajstić information content (AvgIpc) is 2.23. The van der Waals surface area contributed by atoms with Gasteiger partial charge in [-0.15, -0.1) is 0 Å². The number of rotatable bonds is 1. The molecule has 1 atom stereocenters. The van der Waals surface area contributed by atoms with Gasteiger partial charge in [-0.2, -0.15) is 0 Å². The van der Waals surface area contributed by atoms with E-state index in [1.807, 2.05) is 0 Å². The fourth-order valence-electron chi connectivity index (χ4n) is 1.87. The van der Waals surface area contributed by atoms with Gasteiger partial charge in [0.15, 0.2) is 11.6 Å². The Morgan fingerprint density at radius 2 is 2.00 bits per heavy atom. The summed E-state index contributed by atoms with van der Waals surface area (Å²) in [5.41, 5.74) is 0.851. The molecule has 0 aromatic heterocycles. The van der Waals surface area contributed by atoms with E-state index in [9.17, 15) is 8.78 Å². The molecule has 0 radical (unpaired) electrons. The first-order valence-electron chi connectivity index (χ1n) is 4.96. The summed E-state index contributed by atoms with van der Waals surface area (Å²) in [5.74, 6) is -1.53. The van der Waals surface area contributed by atoms with Crippen LogP contribution in [0.25, 0.3) is 0 Å². The summed E-state index contributed by atoms with van der Waals surface area (Å²) in [7, 11) is 0. The summed E-state index contributed by atoms with van der Waals surface area (Å²) in [6.45, 7) is 0.962. The predicted molar refractivity (Wildman–Crippen MR) is 51.0 cm³/mol. The fraction of sp³-hybridized carbons (Fsp3) is 0.455. The Labute approximate surface area is 82.1 Å². The molecule has 2 rings (SSSR count). The lowest BCUT2D eigenvalue weighted by atomic mass is 9.97. The van der Waals surface area contributed by atoms with Crippen LogP contribution in [0.3, 0.4) is 0 Å². The van der Waals surface area contributed by atoms with Crippen LogP contribution in [0.5, 0.6) is 0 Å². The van der Waals surface area contributed by atoms with E-state index in [4.69, 9.17) is 0 Å². The lowest BCUT2D eigenvalue weighted by Crippen LogP contribution is -2.26. The van der Waals surface area contributed by atoms with E-state index in [0.29, 0.717) is 0 Å². The first-order valence-corrected chi connectivity index (χ1v) is 4.96. The highest BCUT2D eigenvalue weighted by Crippen LogP contribution is 2.23. The lowest BCUT2D eigenvalue weighted by Gasteiger charge is -2.23. The molecule has 1 aromatic rings. The number of nitrogens with one attached hydrogen (secondary N) is 1. The van der Waals surface area contributed by atoms with Crippen LogP contribution in [0.2, 0.25) is 0 Å². The van der Waals surface area contributed by atoms with E-state index in [1.165, 1.54) is 18.6 Å². The molecule has 1 aromatic carbocycles. The third-order valence-corrected chi connectivity index (χ3v) is 2.66. The summed E-state index contributed by atoms with van der Waals surface area (Å²) in [5, 5.41) is 3.29. The third-order valence-electron chi connectivity index (χ3n) is 2.66. The van der Waals surface area contributed by atoms with Crippen molar-refractivity contribution in [2.75, 3.05) is 6.54 Å². The molecule has 14 heavy (non-hydrogen) atoms. The van der Waals surface area contributed by atoms with Crippen molar-refractivity contribution in [1.29, 1.82) is 0 Å². The van der Waals surface area contributed by atoms with E-state index >= 15 is 0 Å². The molecule has 0 spiro atoms. The minimum Gasteiger partial charge on any atom is -0.310 e. The molecule has 76 valence electrons. The average molecular weight is 197 g/mol. The van der Waals surface area contributed by atoms with E-state index in [2.05, 4.69) is 5.32 Å². The molecule has 1 aliphatic heterocycles. The van der Waals surface area contributed by atoms with Crippen molar-refractivity contribution in [3.63, 3.8) is 0 Å². The van der Waals surface area contributed by atoms with Gasteiger partial charge >= 0.3 is 0 Å². The van der Waals surface area contributed by atoms with Gasteiger partial charge in [0.25, 0.3) is 0 Å². The molecule has 0 saturated carbocycles. The number of hydrogen-bond acceptors (Lipinski definition) is 1.